The molecule has 1 aliphatic heterocycles. The van der Waals surface area contributed by atoms with Crippen molar-refractivity contribution >= 4 is 17.5 Å². The van der Waals surface area contributed by atoms with Gasteiger partial charge in [-0.05, 0) is 24.3 Å². The third-order valence-electron chi connectivity index (χ3n) is 4.00. The quantitative estimate of drug-likeness (QED) is 0.785. The molecule has 1 aromatic rings. The molecule has 0 atom stereocenters. The second-order valence-corrected chi connectivity index (χ2v) is 5.32. The lowest BCUT2D eigenvalue weighted by Gasteiger charge is -2.25. The van der Waals surface area contributed by atoms with Gasteiger partial charge >= 0.3 is 6.03 Å². The van der Waals surface area contributed by atoms with Crippen molar-refractivity contribution in [1.82, 2.24) is 0 Å². The zero-order chi connectivity index (χ0) is 13.1. The topological polar surface area (TPSA) is 41.8 Å². The maximum Gasteiger partial charge on any atom is 0.367 e. The van der Waals surface area contributed by atoms with Gasteiger partial charge in [0.2, 0.25) is 0 Å². The average molecular weight is 254 g/mol. The molecule has 3 rings (SSSR count). The normalized spacial score (nSPS) is 20.9. The summed E-state index contributed by atoms with van der Waals surface area (Å²) in [6.07, 6.45) is 6.92. The van der Waals surface area contributed by atoms with E-state index in [1.165, 1.54) is 32.1 Å². The van der Waals surface area contributed by atoms with E-state index < -0.39 is 0 Å². The van der Waals surface area contributed by atoms with Gasteiger partial charge in [-0.2, -0.15) is 4.99 Å². The number of aliphatic imine (C=N–C) groups is 2. The van der Waals surface area contributed by atoms with E-state index in [4.69, 9.17) is 0 Å². The van der Waals surface area contributed by atoms with Gasteiger partial charge in [-0.3, -0.25) is 0 Å². The van der Waals surface area contributed by atoms with Crippen LogP contribution in [0.1, 0.15) is 44.1 Å². The Labute approximate surface area is 113 Å². The number of urea groups is 1. The van der Waals surface area contributed by atoms with Gasteiger partial charge in [-0.1, -0.05) is 49.6 Å². The molecule has 1 saturated carbocycles. The Morgan fingerprint density at radius 1 is 0.947 bits per heavy atom. The summed E-state index contributed by atoms with van der Waals surface area (Å²) in [6.45, 7) is 0. The molecule has 98 valence electrons. The molecule has 1 fully saturated rings. The van der Waals surface area contributed by atoms with Crippen molar-refractivity contribution < 1.29 is 4.79 Å². The van der Waals surface area contributed by atoms with Crippen molar-refractivity contribution in [3.63, 3.8) is 0 Å². The van der Waals surface area contributed by atoms with Crippen LogP contribution in [0, 0.1) is 5.92 Å². The SMILES string of the molecule is O=C1N=C(c2ccccc2)CC(C2CCCCC2)=N1. The number of hydrogen-bond acceptors (Lipinski definition) is 1. The average Bonchev–Trinajstić information content (AvgIpc) is 2.48. The lowest BCUT2D eigenvalue weighted by molar-refractivity contribution is 0.256. The summed E-state index contributed by atoms with van der Waals surface area (Å²) in [5, 5.41) is 0. The molecular formula is C16H18N2O. The summed E-state index contributed by atoms with van der Waals surface area (Å²) >= 11 is 0. The Morgan fingerprint density at radius 3 is 2.42 bits per heavy atom. The Morgan fingerprint density at radius 2 is 1.68 bits per heavy atom. The molecular weight excluding hydrogens is 236 g/mol. The molecule has 0 saturated heterocycles. The Hall–Kier alpha value is -1.77. The van der Waals surface area contributed by atoms with Crippen molar-refractivity contribution in [1.29, 1.82) is 0 Å². The maximum atomic E-state index is 11.7. The van der Waals surface area contributed by atoms with Crippen molar-refractivity contribution in [3.05, 3.63) is 35.9 Å². The first-order chi connectivity index (χ1) is 9.33. The van der Waals surface area contributed by atoms with Crippen LogP contribution in [0.3, 0.4) is 0 Å². The molecule has 0 spiro atoms. The van der Waals surface area contributed by atoms with E-state index in [2.05, 4.69) is 9.98 Å². The number of hydrogen-bond donors (Lipinski definition) is 0. The zero-order valence-electron chi connectivity index (χ0n) is 11.0. The second-order valence-electron chi connectivity index (χ2n) is 5.32. The van der Waals surface area contributed by atoms with Gasteiger partial charge in [0, 0.05) is 12.1 Å². The van der Waals surface area contributed by atoms with Crippen molar-refractivity contribution in [3.8, 4) is 0 Å². The van der Waals surface area contributed by atoms with Crippen molar-refractivity contribution in [2.45, 2.75) is 38.5 Å². The molecule has 1 aromatic carbocycles. The lowest BCUT2D eigenvalue weighted by Crippen LogP contribution is -2.25. The predicted molar refractivity (Wildman–Crippen MR) is 77.0 cm³/mol. The van der Waals surface area contributed by atoms with Crippen LogP contribution in [0.2, 0.25) is 0 Å². The van der Waals surface area contributed by atoms with Gasteiger partial charge in [-0.25, -0.2) is 9.79 Å². The van der Waals surface area contributed by atoms with Crippen molar-refractivity contribution in [2.75, 3.05) is 0 Å². The number of rotatable bonds is 2. The van der Waals surface area contributed by atoms with Gasteiger partial charge in [-0.15, -0.1) is 0 Å². The molecule has 0 aromatic heterocycles. The summed E-state index contributed by atoms with van der Waals surface area (Å²) in [5.41, 5.74) is 2.97. The number of carbonyl (C=O) groups excluding carboxylic acids is 1. The molecule has 3 heteroatoms. The van der Waals surface area contributed by atoms with E-state index in [1.807, 2.05) is 30.3 Å². The number of carbonyl (C=O) groups is 1. The van der Waals surface area contributed by atoms with Crippen molar-refractivity contribution in [2.24, 2.45) is 15.9 Å². The highest BCUT2D eigenvalue weighted by Gasteiger charge is 2.24. The molecule has 0 unspecified atom stereocenters. The summed E-state index contributed by atoms with van der Waals surface area (Å²) in [4.78, 5) is 20.0. The Bertz CT molecular complexity index is 525. The number of nitrogens with zero attached hydrogens (tertiary/aromatic N) is 2. The summed E-state index contributed by atoms with van der Waals surface area (Å²) in [7, 11) is 0. The van der Waals surface area contributed by atoms with Gasteiger partial charge in [0.1, 0.15) is 0 Å². The van der Waals surface area contributed by atoms with Crippen LogP contribution in [0.5, 0.6) is 0 Å². The first-order valence-electron chi connectivity index (χ1n) is 7.07. The monoisotopic (exact) mass is 254 g/mol. The minimum Gasteiger partial charge on any atom is -0.244 e. The highest BCUT2D eigenvalue weighted by atomic mass is 16.2. The van der Waals surface area contributed by atoms with E-state index in [1.54, 1.807) is 0 Å². The molecule has 1 heterocycles. The smallest absolute Gasteiger partial charge is 0.244 e. The lowest BCUT2D eigenvalue weighted by atomic mass is 9.83. The summed E-state index contributed by atoms with van der Waals surface area (Å²) < 4.78 is 0. The largest absolute Gasteiger partial charge is 0.367 e. The first kappa shape index (κ1) is 12.3. The van der Waals surface area contributed by atoms with Gasteiger partial charge in [0.05, 0.1) is 5.71 Å². The van der Waals surface area contributed by atoms with E-state index in [9.17, 15) is 4.79 Å². The van der Waals surface area contributed by atoms with Crippen LogP contribution in [0.15, 0.2) is 40.3 Å². The highest BCUT2D eigenvalue weighted by Crippen LogP contribution is 2.28. The molecule has 3 nitrogen and oxygen atoms in total. The van der Waals surface area contributed by atoms with Crippen LogP contribution in [-0.2, 0) is 0 Å². The Balaban J connectivity index is 1.81. The second kappa shape index (κ2) is 5.47. The van der Waals surface area contributed by atoms with Gasteiger partial charge in [0.25, 0.3) is 0 Å². The standard InChI is InChI=1S/C16H18N2O/c19-16-17-14(12-7-3-1-4-8-12)11-15(18-16)13-9-5-2-6-10-13/h1,3-4,7-8,13H,2,5-6,9-11H2. The summed E-state index contributed by atoms with van der Waals surface area (Å²) in [5.74, 6) is 0.493. The van der Waals surface area contributed by atoms with E-state index in [0.717, 1.165) is 23.4 Å². The van der Waals surface area contributed by atoms with Gasteiger partial charge in [0.15, 0.2) is 0 Å². The highest BCUT2D eigenvalue weighted by molar-refractivity contribution is 6.20. The number of amides is 2. The zero-order valence-corrected chi connectivity index (χ0v) is 11.0. The molecule has 2 amide bonds. The molecule has 1 aliphatic carbocycles. The van der Waals surface area contributed by atoms with Crippen LogP contribution < -0.4 is 0 Å². The molecule has 2 aliphatic rings. The molecule has 19 heavy (non-hydrogen) atoms. The summed E-state index contributed by atoms with van der Waals surface area (Å²) in [6, 6.07) is 9.63. The van der Waals surface area contributed by atoms with Crippen LogP contribution >= 0.6 is 0 Å². The van der Waals surface area contributed by atoms with Crippen LogP contribution in [-0.4, -0.2) is 17.5 Å². The minimum atomic E-state index is -0.328. The minimum absolute atomic E-state index is 0.328. The van der Waals surface area contributed by atoms with Gasteiger partial charge < -0.3 is 0 Å². The molecule has 0 N–H and O–H groups in total. The third kappa shape index (κ3) is 2.80. The molecule has 0 radical (unpaired) electrons. The van der Waals surface area contributed by atoms with E-state index in [-0.39, 0.29) is 6.03 Å². The third-order valence-corrected chi connectivity index (χ3v) is 4.00. The van der Waals surface area contributed by atoms with Crippen LogP contribution in [0.25, 0.3) is 0 Å². The Kier molecular flexibility index (Phi) is 3.53. The fourth-order valence-corrected chi connectivity index (χ4v) is 2.98. The predicted octanol–water partition coefficient (Wildman–Crippen LogP) is 4.02. The van der Waals surface area contributed by atoms with E-state index in [0.29, 0.717) is 5.92 Å². The fraction of sp³-hybridized carbons (Fsp3) is 0.438. The van der Waals surface area contributed by atoms with E-state index >= 15 is 0 Å². The molecule has 0 bridgehead atoms. The first-order valence-corrected chi connectivity index (χ1v) is 7.07. The number of benzene rings is 1. The maximum absolute atomic E-state index is 11.7. The fourth-order valence-electron chi connectivity index (χ4n) is 2.98. The van der Waals surface area contributed by atoms with Crippen LogP contribution in [0.4, 0.5) is 4.79 Å².